The molecule has 0 atom stereocenters. The molecule has 0 aromatic heterocycles. The third-order valence-corrected chi connectivity index (χ3v) is 3.93. The number of carbonyl (C=O) groups excluding carboxylic acids is 1. The van der Waals surface area contributed by atoms with Crippen LogP contribution in [0.5, 0.6) is 0 Å². The molecule has 1 aromatic carbocycles. The van der Waals surface area contributed by atoms with Gasteiger partial charge in [0.05, 0.1) is 11.3 Å². The fraction of sp³-hybridized carbons (Fsp3) is 0.562. The lowest BCUT2D eigenvalue weighted by molar-refractivity contribution is 0.0596. The minimum Gasteiger partial charge on any atom is -0.382 e. The molecule has 1 saturated heterocycles. The topological polar surface area (TPSA) is 35.6 Å². The molecule has 2 rings (SSSR count). The molecule has 0 spiro atoms. The lowest BCUT2D eigenvalue weighted by Gasteiger charge is -2.37. The molecule has 1 aromatic rings. The van der Waals surface area contributed by atoms with Crippen molar-refractivity contribution in [1.82, 2.24) is 9.80 Å². The van der Waals surface area contributed by atoms with Crippen LogP contribution in [0.1, 0.15) is 31.1 Å². The van der Waals surface area contributed by atoms with Gasteiger partial charge in [0.1, 0.15) is 5.82 Å². The van der Waals surface area contributed by atoms with Gasteiger partial charge in [0.15, 0.2) is 0 Å². The zero-order valence-corrected chi connectivity index (χ0v) is 13.0. The van der Waals surface area contributed by atoms with Gasteiger partial charge in [-0.3, -0.25) is 9.69 Å². The number of piperazine rings is 1. The first kappa shape index (κ1) is 15.8. The Kier molecular flexibility index (Phi) is 5.17. The maximum Gasteiger partial charge on any atom is 0.256 e. The highest BCUT2D eigenvalue weighted by molar-refractivity contribution is 5.99. The van der Waals surface area contributed by atoms with Gasteiger partial charge in [-0.2, -0.15) is 0 Å². The van der Waals surface area contributed by atoms with Crippen molar-refractivity contribution in [2.75, 3.05) is 38.0 Å². The molecule has 0 bridgehead atoms. The Labute approximate surface area is 125 Å². The Bertz CT molecular complexity index is 496. The van der Waals surface area contributed by atoms with E-state index in [1.54, 1.807) is 12.1 Å². The molecule has 5 heteroatoms. The van der Waals surface area contributed by atoms with Crippen molar-refractivity contribution in [1.29, 1.82) is 0 Å². The monoisotopic (exact) mass is 293 g/mol. The van der Waals surface area contributed by atoms with Crippen molar-refractivity contribution in [2.24, 2.45) is 0 Å². The predicted molar refractivity (Wildman–Crippen MR) is 83.2 cm³/mol. The number of nitrogens with one attached hydrogen (secondary N) is 1. The molecule has 116 valence electrons. The minimum atomic E-state index is -0.372. The summed E-state index contributed by atoms with van der Waals surface area (Å²) in [6, 6.07) is 5.16. The van der Waals surface area contributed by atoms with E-state index in [9.17, 15) is 9.18 Å². The first-order valence-corrected chi connectivity index (χ1v) is 7.60. The van der Waals surface area contributed by atoms with E-state index in [0.717, 1.165) is 13.1 Å². The third-order valence-electron chi connectivity index (χ3n) is 3.93. The summed E-state index contributed by atoms with van der Waals surface area (Å²) in [6.07, 6.45) is 0. The van der Waals surface area contributed by atoms with E-state index in [2.05, 4.69) is 24.1 Å². The van der Waals surface area contributed by atoms with Gasteiger partial charge in [-0.25, -0.2) is 4.39 Å². The fourth-order valence-corrected chi connectivity index (χ4v) is 2.67. The summed E-state index contributed by atoms with van der Waals surface area (Å²) in [5, 5.41) is 2.96. The third kappa shape index (κ3) is 3.53. The summed E-state index contributed by atoms with van der Waals surface area (Å²) in [6.45, 7) is 9.92. The van der Waals surface area contributed by atoms with Crippen LogP contribution in [0.15, 0.2) is 18.2 Å². The molecule has 1 N–H and O–H groups in total. The SMILES string of the molecule is CCNc1c(F)cccc1C(=O)N1CCN(C(C)C)CC1. The van der Waals surface area contributed by atoms with Gasteiger partial charge < -0.3 is 10.2 Å². The van der Waals surface area contributed by atoms with Gasteiger partial charge in [0.2, 0.25) is 0 Å². The summed E-state index contributed by atoms with van der Waals surface area (Å²) in [5.41, 5.74) is 0.742. The van der Waals surface area contributed by atoms with Gasteiger partial charge in [0, 0.05) is 38.8 Å². The summed E-state index contributed by atoms with van der Waals surface area (Å²) in [5.74, 6) is -0.461. The van der Waals surface area contributed by atoms with Gasteiger partial charge >= 0.3 is 0 Å². The number of rotatable bonds is 4. The molecule has 0 unspecified atom stereocenters. The lowest BCUT2D eigenvalue weighted by Crippen LogP contribution is -2.50. The van der Waals surface area contributed by atoms with Gasteiger partial charge in [-0.15, -0.1) is 0 Å². The van der Waals surface area contributed by atoms with E-state index >= 15 is 0 Å². The van der Waals surface area contributed by atoms with E-state index in [4.69, 9.17) is 0 Å². The first-order chi connectivity index (χ1) is 10.0. The van der Waals surface area contributed by atoms with Crippen molar-refractivity contribution in [3.8, 4) is 0 Å². The largest absolute Gasteiger partial charge is 0.382 e. The zero-order valence-electron chi connectivity index (χ0n) is 13.0. The molecule has 4 nitrogen and oxygen atoms in total. The van der Waals surface area contributed by atoms with Crippen molar-refractivity contribution in [3.63, 3.8) is 0 Å². The average molecular weight is 293 g/mol. The summed E-state index contributed by atoms with van der Waals surface area (Å²) >= 11 is 0. The van der Waals surface area contributed by atoms with Crippen LogP contribution in [-0.2, 0) is 0 Å². The maximum atomic E-state index is 13.9. The van der Waals surface area contributed by atoms with Crippen LogP contribution in [0, 0.1) is 5.82 Å². The van der Waals surface area contributed by atoms with Crippen LogP contribution in [0.3, 0.4) is 0 Å². The number of hydrogen-bond acceptors (Lipinski definition) is 3. The number of hydrogen-bond donors (Lipinski definition) is 1. The molecular weight excluding hydrogens is 269 g/mol. The van der Waals surface area contributed by atoms with Gasteiger partial charge in [-0.05, 0) is 32.9 Å². The van der Waals surface area contributed by atoms with Crippen LogP contribution in [0.25, 0.3) is 0 Å². The van der Waals surface area contributed by atoms with Crippen molar-refractivity contribution in [3.05, 3.63) is 29.6 Å². The summed E-state index contributed by atoms with van der Waals surface area (Å²) < 4.78 is 13.9. The van der Waals surface area contributed by atoms with Crippen molar-refractivity contribution >= 4 is 11.6 Å². The van der Waals surface area contributed by atoms with Crippen molar-refractivity contribution in [2.45, 2.75) is 26.8 Å². The Morgan fingerprint density at radius 3 is 2.52 bits per heavy atom. The van der Waals surface area contributed by atoms with Crippen LogP contribution in [0.2, 0.25) is 0 Å². The molecule has 1 fully saturated rings. The van der Waals surface area contributed by atoms with Gasteiger partial charge in [-0.1, -0.05) is 6.07 Å². The molecule has 1 heterocycles. The van der Waals surface area contributed by atoms with E-state index < -0.39 is 0 Å². The number of anilines is 1. The van der Waals surface area contributed by atoms with E-state index in [1.807, 2.05) is 11.8 Å². The molecule has 21 heavy (non-hydrogen) atoms. The van der Waals surface area contributed by atoms with Crippen molar-refractivity contribution < 1.29 is 9.18 Å². The zero-order chi connectivity index (χ0) is 15.4. The number of para-hydroxylation sites is 1. The molecule has 0 aliphatic carbocycles. The Balaban J connectivity index is 2.12. The smallest absolute Gasteiger partial charge is 0.256 e. The molecule has 1 aliphatic rings. The number of carbonyl (C=O) groups is 1. The second kappa shape index (κ2) is 6.89. The molecule has 1 amide bonds. The van der Waals surface area contributed by atoms with Crippen LogP contribution in [-0.4, -0.2) is 54.5 Å². The summed E-state index contributed by atoms with van der Waals surface area (Å²) in [4.78, 5) is 16.8. The normalized spacial score (nSPS) is 16.3. The molecule has 1 aliphatic heterocycles. The standard InChI is InChI=1S/C16H24FN3O/c1-4-18-15-13(6-5-7-14(15)17)16(21)20-10-8-19(9-11-20)12(2)3/h5-7,12,18H,4,8-11H2,1-3H3. The highest BCUT2D eigenvalue weighted by atomic mass is 19.1. The number of halogens is 1. The number of nitrogens with zero attached hydrogens (tertiary/aromatic N) is 2. The highest BCUT2D eigenvalue weighted by Gasteiger charge is 2.25. The van der Waals surface area contributed by atoms with Crippen LogP contribution >= 0.6 is 0 Å². The average Bonchev–Trinajstić information content (AvgIpc) is 2.49. The molecular formula is C16H24FN3O. The Hall–Kier alpha value is -1.62. The maximum absolute atomic E-state index is 13.9. The summed E-state index contributed by atoms with van der Waals surface area (Å²) in [7, 11) is 0. The van der Waals surface area contributed by atoms with E-state index in [0.29, 0.717) is 36.9 Å². The first-order valence-electron chi connectivity index (χ1n) is 7.60. The van der Waals surface area contributed by atoms with Crippen LogP contribution in [0.4, 0.5) is 10.1 Å². The molecule has 0 saturated carbocycles. The fourth-order valence-electron chi connectivity index (χ4n) is 2.67. The second-order valence-corrected chi connectivity index (χ2v) is 5.61. The van der Waals surface area contributed by atoms with Gasteiger partial charge in [0.25, 0.3) is 5.91 Å². The number of benzene rings is 1. The Morgan fingerprint density at radius 1 is 1.29 bits per heavy atom. The minimum absolute atomic E-state index is 0.0890. The van der Waals surface area contributed by atoms with E-state index in [-0.39, 0.29) is 11.7 Å². The number of amides is 1. The van der Waals surface area contributed by atoms with E-state index in [1.165, 1.54) is 6.07 Å². The lowest BCUT2D eigenvalue weighted by atomic mass is 10.1. The highest BCUT2D eigenvalue weighted by Crippen LogP contribution is 2.22. The quantitative estimate of drug-likeness (QED) is 0.926. The Morgan fingerprint density at radius 2 is 1.95 bits per heavy atom. The predicted octanol–water partition coefficient (Wildman–Crippen LogP) is 2.42. The molecule has 0 radical (unpaired) electrons. The van der Waals surface area contributed by atoms with Crippen LogP contribution < -0.4 is 5.32 Å². The second-order valence-electron chi connectivity index (χ2n) is 5.61.